The summed E-state index contributed by atoms with van der Waals surface area (Å²) in [7, 11) is 0. The lowest BCUT2D eigenvalue weighted by Crippen LogP contribution is -2.15. The average Bonchev–Trinajstić information content (AvgIpc) is 3.33. The highest BCUT2D eigenvalue weighted by Gasteiger charge is 2.30. The van der Waals surface area contributed by atoms with Crippen molar-refractivity contribution in [3.8, 4) is 0 Å². The third-order valence-corrected chi connectivity index (χ3v) is 5.18. The maximum absolute atomic E-state index is 12.3. The fourth-order valence-electron chi connectivity index (χ4n) is 2.55. The van der Waals surface area contributed by atoms with Gasteiger partial charge in [0.15, 0.2) is 5.16 Å². The molecule has 0 radical (unpaired) electrons. The van der Waals surface area contributed by atoms with Gasteiger partial charge in [-0.25, -0.2) is 0 Å². The molecule has 1 heterocycles. The predicted octanol–water partition coefficient (Wildman–Crippen LogP) is 3.69. The lowest BCUT2D eigenvalue weighted by atomic mass is 10.1. The summed E-state index contributed by atoms with van der Waals surface area (Å²) in [5, 5.41) is 12.3. The van der Waals surface area contributed by atoms with Crippen molar-refractivity contribution in [1.29, 1.82) is 0 Å². The molecular formula is C18H22N4OS. The summed E-state index contributed by atoms with van der Waals surface area (Å²) in [4.78, 5) is 12.3. The van der Waals surface area contributed by atoms with Gasteiger partial charge in [0.1, 0.15) is 5.82 Å². The summed E-state index contributed by atoms with van der Waals surface area (Å²) in [6.45, 7) is 8.54. The van der Waals surface area contributed by atoms with Crippen LogP contribution in [0.4, 0.5) is 5.69 Å². The molecule has 1 N–H and O–H groups in total. The van der Waals surface area contributed by atoms with Crippen LogP contribution in [-0.4, -0.2) is 26.4 Å². The van der Waals surface area contributed by atoms with Crippen LogP contribution in [0.1, 0.15) is 35.7 Å². The van der Waals surface area contributed by atoms with Crippen molar-refractivity contribution in [3.05, 3.63) is 47.8 Å². The molecule has 2 aromatic rings. The summed E-state index contributed by atoms with van der Waals surface area (Å²) in [6.07, 6.45) is 4.19. The number of carbonyl (C=O) groups excluding carboxylic acids is 1. The first-order chi connectivity index (χ1) is 11.6. The van der Waals surface area contributed by atoms with Crippen LogP contribution < -0.4 is 5.32 Å². The zero-order chi connectivity index (χ0) is 17.1. The van der Waals surface area contributed by atoms with Crippen molar-refractivity contribution < 1.29 is 4.79 Å². The Morgan fingerprint density at radius 3 is 2.92 bits per heavy atom. The Morgan fingerprint density at radius 2 is 2.21 bits per heavy atom. The van der Waals surface area contributed by atoms with E-state index in [-0.39, 0.29) is 5.91 Å². The molecule has 3 rings (SSSR count). The maximum atomic E-state index is 12.3. The minimum Gasteiger partial charge on any atom is -0.325 e. The van der Waals surface area contributed by atoms with E-state index in [0.717, 1.165) is 22.2 Å². The highest BCUT2D eigenvalue weighted by atomic mass is 32.2. The zero-order valence-corrected chi connectivity index (χ0v) is 14.9. The zero-order valence-electron chi connectivity index (χ0n) is 14.1. The van der Waals surface area contributed by atoms with Crippen LogP contribution in [0.2, 0.25) is 0 Å². The second-order valence-corrected chi connectivity index (χ2v) is 7.04. The number of rotatable bonds is 7. The molecule has 6 heteroatoms. The summed E-state index contributed by atoms with van der Waals surface area (Å²) in [6, 6.07) is 5.92. The Hall–Kier alpha value is -2.08. The molecule has 0 bridgehead atoms. The van der Waals surface area contributed by atoms with E-state index in [2.05, 4.69) is 26.7 Å². The predicted molar refractivity (Wildman–Crippen MR) is 97.5 cm³/mol. The molecule has 1 fully saturated rings. The number of aryl methyl sites for hydroxylation is 1. The van der Waals surface area contributed by atoms with Crippen LogP contribution in [0.15, 0.2) is 36.0 Å². The van der Waals surface area contributed by atoms with Crippen molar-refractivity contribution in [2.75, 3.05) is 11.1 Å². The van der Waals surface area contributed by atoms with Crippen LogP contribution in [0.25, 0.3) is 0 Å². The number of aromatic nitrogens is 3. The number of amides is 1. The molecule has 126 valence electrons. The van der Waals surface area contributed by atoms with E-state index in [1.165, 1.54) is 30.2 Å². The molecule has 1 amide bonds. The van der Waals surface area contributed by atoms with Crippen LogP contribution in [0.3, 0.4) is 0 Å². The van der Waals surface area contributed by atoms with Crippen molar-refractivity contribution in [3.63, 3.8) is 0 Å². The molecule has 0 unspecified atom stereocenters. The topological polar surface area (TPSA) is 59.8 Å². The molecule has 5 nitrogen and oxygen atoms in total. The smallest absolute Gasteiger partial charge is 0.234 e. The van der Waals surface area contributed by atoms with Crippen LogP contribution in [0.5, 0.6) is 0 Å². The number of allylic oxidation sites excluding steroid dienone is 1. The Morgan fingerprint density at radius 1 is 1.42 bits per heavy atom. The number of nitrogens with zero attached hydrogens (tertiary/aromatic N) is 3. The molecule has 1 aliphatic rings. The second kappa shape index (κ2) is 7.21. The number of hydrogen-bond acceptors (Lipinski definition) is 4. The highest BCUT2D eigenvalue weighted by molar-refractivity contribution is 7.99. The van der Waals surface area contributed by atoms with E-state index >= 15 is 0 Å². The van der Waals surface area contributed by atoms with Gasteiger partial charge in [-0.05, 0) is 43.9 Å². The summed E-state index contributed by atoms with van der Waals surface area (Å²) >= 11 is 1.42. The third-order valence-electron chi connectivity index (χ3n) is 4.21. The molecule has 1 aromatic heterocycles. The number of anilines is 1. The van der Waals surface area contributed by atoms with Gasteiger partial charge in [0.05, 0.1) is 5.75 Å². The average molecular weight is 342 g/mol. The van der Waals surface area contributed by atoms with Gasteiger partial charge in [0.2, 0.25) is 5.91 Å². The van der Waals surface area contributed by atoms with Gasteiger partial charge in [-0.2, -0.15) is 0 Å². The molecule has 1 saturated carbocycles. The van der Waals surface area contributed by atoms with Gasteiger partial charge >= 0.3 is 0 Å². The first kappa shape index (κ1) is 16.8. The monoisotopic (exact) mass is 342 g/mol. The van der Waals surface area contributed by atoms with E-state index < -0.39 is 0 Å². The maximum Gasteiger partial charge on any atom is 0.234 e. The van der Waals surface area contributed by atoms with E-state index in [1.54, 1.807) is 0 Å². The molecule has 0 saturated heterocycles. The SMILES string of the molecule is C=CCn1c(SCC(=O)Nc2cccc(C)c2C)nnc1C1CC1. The minimum atomic E-state index is -0.0326. The Kier molecular flexibility index (Phi) is 5.04. The molecule has 0 aliphatic heterocycles. The minimum absolute atomic E-state index is 0.0326. The molecule has 0 atom stereocenters. The standard InChI is InChI=1S/C18H22N4OS/c1-4-10-22-17(14-8-9-14)20-21-18(22)24-11-16(23)19-15-7-5-6-12(2)13(15)3/h4-7,14H,1,8-11H2,2-3H3,(H,19,23). The number of thioether (sulfide) groups is 1. The third kappa shape index (κ3) is 3.70. The first-order valence-electron chi connectivity index (χ1n) is 8.13. The number of hydrogen-bond donors (Lipinski definition) is 1. The molecule has 1 aromatic carbocycles. The van der Waals surface area contributed by atoms with Gasteiger partial charge < -0.3 is 9.88 Å². The Balaban J connectivity index is 1.64. The van der Waals surface area contributed by atoms with Gasteiger partial charge in [-0.1, -0.05) is 30.0 Å². The number of carbonyl (C=O) groups is 1. The largest absolute Gasteiger partial charge is 0.325 e. The van der Waals surface area contributed by atoms with Crippen molar-refractivity contribution in [2.45, 2.75) is 44.3 Å². The van der Waals surface area contributed by atoms with Gasteiger partial charge in [-0.15, -0.1) is 16.8 Å². The lowest BCUT2D eigenvalue weighted by Gasteiger charge is -2.10. The van der Waals surface area contributed by atoms with Crippen molar-refractivity contribution >= 4 is 23.4 Å². The Bertz CT molecular complexity index is 764. The van der Waals surface area contributed by atoms with E-state index in [9.17, 15) is 4.79 Å². The molecule has 0 spiro atoms. The summed E-state index contributed by atoms with van der Waals surface area (Å²) in [5.74, 6) is 1.82. The molecule has 1 aliphatic carbocycles. The van der Waals surface area contributed by atoms with Crippen LogP contribution >= 0.6 is 11.8 Å². The lowest BCUT2D eigenvalue weighted by molar-refractivity contribution is -0.113. The number of benzene rings is 1. The fraction of sp³-hybridized carbons (Fsp3) is 0.389. The second-order valence-electron chi connectivity index (χ2n) is 6.10. The van der Waals surface area contributed by atoms with E-state index in [4.69, 9.17) is 0 Å². The first-order valence-corrected chi connectivity index (χ1v) is 9.11. The van der Waals surface area contributed by atoms with Gasteiger partial charge in [0.25, 0.3) is 0 Å². The van der Waals surface area contributed by atoms with Gasteiger partial charge in [0, 0.05) is 18.2 Å². The number of nitrogens with one attached hydrogen (secondary N) is 1. The van der Waals surface area contributed by atoms with Crippen molar-refractivity contribution in [2.24, 2.45) is 0 Å². The normalized spacial score (nSPS) is 13.8. The van der Waals surface area contributed by atoms with E-state index in [1.807, 2.05) is 38.1 Å². The van der Waals surface area contributed by atoms with Crippen LogP contribution in [-0.2, 0) is 11.3 Å². The Labute approximate surface area is 146 Å². The van der Waals surface area contributed by atoms with Crippen LogP contribution in [0, 0.1) is 13.8 Å². The van der Waals surface area contributed by atoms with E-state index in [0.29, 0.717) is 18.2 Å². The fourth-order valence-corrected chi connectivity index (χ4v) is 3.31. The molecular weight excluding hydrogens is 320 g/mol. The van der Waals surface area contributed by atoms with Crippen molar-refractivity contribution in [1.82, 2.24) is 14.8 Å². The summed E-state index contributed by atoms with van der Waals surface area (Å²) < 4.78 is 2.07. The highest BCUT2D eigenvalue weighted by Crippen LogP contribution is 2.40. The molecule has 24 heavy (non-hydrogen) atoms. The quantitative estimate of drug-likeness (QED) is 0.616. The summed E-state index contributed by atoms with van der Waals surface area (Å²) in [5.41, 5.74) is 3.13. The van der Waals surface area contributed by atoms with Gasteiger partial charge in [-0.3, -0.25) is 4.79 Å².